The number of carbonyl (C=O) groups is 2. The van der Waals surface area contributed by atoms with Gasteiger partial charge in [0, 0.05) is 34.1 Å². The predicted octanol–water partition coefficient (Wildman–Crippen LogP) is 4.54. The number of fused-ring (bicyclic) bond motifs is 1. The number of amides is 1. The SMILES string of the molecule is O=C1COc2ccc(C(=O)/C=C/c3cc(Cl)ccc3OCc3cccnc3)cc2N1. The molecule has 0 aliphatic carbocycles. The molecule has 0 fully saturated rings. The van der Waals surface area contributed by atoms with Crippen molar-refractivity contribution in [3.05, 3.63) is 88.7 Å². The van der Waals surface area contributed by atoms with E-state index in [2.05, 4.69) is 10.3 Å². The van der Waals surface area contributed by atoms with Crippen LogP contribution in [0.1, 0.15) is 21.5 Å². The minimum absolute atomic E-state index is 0.0310. The van der Waals surface area contributed by atoms with Gasteiger partial charge in [0.1, 0.15) is 18.1 Å². The van der Waals surface area contributed by atoms with Crippen molar-refractivity contribution in [3.63, 3.8) is 0 Å². The molecule has 6 nitrogen and oxygen atoms in total. The lowest BCUT2D eigenvalue weighted by Gasteiger charge is -2.18. The van der Waals surface area contributed by atoms with Gasteiger partial charge in [-0.3, -0.25) is 14.6 Å². The van der Waals surface area contributed by atoms with Gasteiger partial charge in [-0.2, -0.15) is 0 Å². The first-order chi connectivity index (χ1) is 14.6. The summed E-state index contributed by atoms with van der Waals surface area (Å²) < 4.78 is 11.2. The molecule has 0 unspecified atom stereocenters. The first kappa shape index (κ1) is 19.7. The summed E-state index contributed by atoms with van der Waals surface area (Å²) in [7, 11) is 0. The van der Waals surface area contributed by atoms with Crippen LogP contribution in [-0.2, 0) is 11.4 Å². The zero-order valence-corrected chi connectivity index (χ0v) is 16.6. The maximum atomic E-state index is 12.6. The highest BCUT2D eigenvalue weighted by Crippen LogP contribution is 2.29. The van der Waals surface area contributed by atoms with Crippen LogP contribution in [0.25, 0.3) is 6.08 Å². The minimum Gasteiger partial charge on any atom is -0.488 e. The average molecular weight is 421 g/mol. The van der Waals surface area contributed by atoms with Crippen molar-refractivity contribution in [1.82, 2.24) is 4.98 Å². The summed E-state index contributed by atoms with van der Waals surface area (Å²) in [6, 6.07) is 13.9. The van der Waals surface area contributed by atoms with Gasteiger partial charge in [0.15, 0.2) is 12.4 Å². The number of anilines is 1. The number of hydrogen-bond acceptors (Lipinski definition) is 5. The largest absolute Gasteiger partial charge is 0.488 e. The maximum Gasteiger partial charge on any atom is 0.262 e. The Bertz CT molecular complexity index is 1130. The maximum absolute atomic E-state index is 12.6. The van der Waals surface area contributed by atoms with Crippen LogP contribution >= 0.6 is 11.6 Å². The number of hydrogen-bond donors (Lipinski definition) is 1. The van der Waals surface area contributed by atoms with Crippen molar-refractivity contribution in [2.24, 2.45) is 0 Å². The summed E-state index contributed by atoms with van der Waals surface area (Å²) in [5.74, 6) is 0.655. The molecular weight excluding hydrogens is 404 g/mol. The van der Waals surface area contributed by atoms with Crippen LogP contribution < -0.4 is 14.8 Å². The van der Waals surface area contributed by atoms with Crippen molar-refractivity contribution in [2.75, 3.05) is 11.9 Å². The van der Waals surface area contributed by atoms with Crippen LogP contribution in [0.4, 0.5) is 5.69 Å². The van der Waals surface area contributed by atoms with Gasteiger partial charge in [-0.05, 0) is 54.6 Å². The van der Waals surface area contributed by atoms with Gasteiger partial charge in [0.2, 0.25) is 0 Å². The molecule has 1 amide bonds. The molecular formula is C23H17ClN2O4. The van der Waals surface area contributed by atoms with Crippen LogP contribution in [0.15, 0.2) is 67.0 Å². The van der Waals surface area contributed by atoms with Gasteiger partial charge in [-0.1, -0.05) is 17.7 Å². The Kier molecular flexibility index (Phi) is 5.77. The molecule has 2 heterocycles. The van der Waals surface area contributed by atoms with E-state index in [1.54, 1.807) is 54.9 Å². The standard InChI is InChI=1S/C23H17ClN2O4/c24-18-5-8-21(29-13-15-2-1-9-25-12-15)17(10-18)3-6-20(27)16-4-7-22-19(11-16)26-23(28)14-30-22/h1-12H,13-14H2,(H,26,28)/b6-3+. The fourth-order valence-corrected chi connectivity index (χ4v) is 3.10. The topological polar surface area (TPSA) is 77.5 Å². The highest BCUT2D eigenvalue weighted by Gasteiger charge is 2.17. The lowest BCUT2D eigenvalue weighted by Crippen LogP contribution is -2.25. The highest BCUT2D eigenvalue weighted by molar-refractivity contribution is 6.30. The molecule has 7 heteroatoms. The normalized spacial score (nSPS) is 12.8. The molecule has 1 aliphatic rings. The predicted molar refractivity (Wildman–Crippen MR) is 114 cm³/mol. The number of pyridine rings is 1. The van der Waals surface area contributed by atoms with E-state index in [9.17, 15) is 9.59 Å². The zero-order valence-electron chi connectivity index (χ0n) is 15.8. The molecule has 0 saturated carbocycles. The van der Waals surface area contributed by atoms with Gasteiger partial charge < -0.3 is 14.8 Å². The summed E-state index contributed by atoms with van der Waals surface area (Å²) in [5.41, 5.74) is 2.51. The fraction of sp³-hybridized carbons (Fsp3) is 0.0870. The second-order valence-electron chi connectivity index (χ2n) is 6.58. The Balaban J connectivity index is 1.52. The molecule has 150 valence electrons. The van der Waals surface area contributed by atoms with Crippen molar-refractivity contribution in [2.45, 2.75) is 6.61 Å². The van der Waals surface area contributed by atoms with E-state index in [4.69, 9.17) is 21.1 Å². The van der Waals surface area contributed by atoms with Gasteiger partial charge >= 0.3 is 0 Å². The first-order valence-corrected chi connectivity index (χ1v) is 9.57. The number of carbonyl (C=O) groups excluding carboxylic acids is 2. The number of ether oxygens (including phenoxy) is 2. The molecule has 0 atom stereocenters. The number of aromatic nitrogens is 1. The van der Waals surface area contributed by atoms with Crippen LogP contribution in [0.2, 0.25) is 5.02 Å². The summed E-state index contributed by atoms with van der Waals surface area (Å²) in [6.45, 7) is 0.311. The summed E-state index contributed by atoms with van der Waals surface area (Å²) in [5, 5.41) is 3.23. The number of benzene rings is 2. The van der Waals surface area contributed by atoms with Crippen molar-refractivity contribution >= 4 is 35.1 Å². The number of nitrogens with one attached hydrogen (secondary N) is 1. The molecule has 0 radical (unpaired) electrons. The zero-order chi connectivity index (χ0) is 20.9. The van der Waals surface area contributed by atoms with E-state index in [0.29, 0.717) is 39.9 Å². The minimum atomic E-state index is -0.253. The van der Waals surface area contributed by atoms with Gasteiger partial charge in [0.25, 0.3) is 5.91 Å². The van der Waals surface area contributed by atoms with Crippen LogP contribution in [0.5, 0.6) is 11.5 Å². The Hall–Kier alpha value is -3.64. The molecule has 30 heavy (non-hydrogen) atoms. The third kappa shape index (κ3) is 4.67. The summed E-state index contributed by atoms with van der Waals surface area (Å²) in [6.07, 6.45) is 6.52. The fourth-order valence-electron chi connectivity index (χ4n) is 2.92. The molecule has 1 aromatic heterocycles. The number of nitrogens with zero attached hydrogens (tertiary/aromatic N) is 1. The van der Waals surface area contributed by atoms with Crippen molar-refractivity contribution < 1.29 is 19.1 Å². The quantitative estimate of drug-likeness (QED) is 0.468. The third-order valence-corrected chi connectivity index (χ3v) is 4.64. The monoisotopic (exact) mass is 420 g/mol. The van der Waals surface area contributed by atoms with Crippen molar-refractivity contribution in [1.29, 1.82) is 0 Å². The van der Waals surface area contributed by atoms with Crippen LogP contribution in [0.3, 0.4) is 0 Å². The summed E-state index contributed by atoms with van der Waals surface area (Å²) in [4.78, 5) is 28.2. The Morgan fingerprint density at radius 2 is 2.13 bits per heavy atom. The van der Waals surface area contributed by atoms with E-state index < -0.39 is 0 Å². The van der Waals surface area contributed by atoms with E-state index >= 15 is 0 Å². The Morgan fingerprint density at radius 3 is 2.97 bits per heavy atom. The van der Waals surface area contributed by atoms with Crippen LogP contribution in [0, 0.1) is 0 Å². The van der Waals surface area contributed by atoms with E-state index in [1.165, 1.54) is 6.08 Å². The van der Waals surface area contributed by atoms with E-state index in [-0.39, 0.29) is 18.3 Å². The van der Waals surface area contributed by atoms with E-state index in [0.717, 1.165) is 5.56 Å². The Labute approximate surface area is 178 Å². The highest BCUT2D eigenvalue weighted by atomic mass is 35.5. The third-order valence-electron chi connectivity index (χ3n) is 4.40. The average Bonchev–Trinajstić information content (AvgIpc) is 2.77. The molecule has 4 rings (SSSR count). The number of allylic oxidation sites excluding steroid dienone is 1. The molecule has 2 aromatic carbocycles. The smallest absolute Gasteiger partial charge is 0.262 e. The molecule has 0 spiro atoms. The number of ketones is 1. The second kappa shape index (κ2) is 8.80. The van der Waals surface area contributed by atoms with Gasteiger partial charge in [-0.15, -0.1) is 0 Å². The van der Waals surface area contributed by atoms with E-state index in [1.807, 2.05) is 12.1 Å². The second-order valence-corrected chi connectivity index (χ2v) is 7.01. The Morgan fingerprint density at radius 1 is 1.23 bits per heavy atom. The summed E-state index contributed by atoms with van der Waals surface area (Å²) >= 11 is 6.12. The lowest BCUT2D eigenvalue weighted by atomic mass is 10.1. The molecule has 0 saturated heterocycles. The molecule has 3 aromatic rings. The van der Waals surface area contributed by atoms with Gasteiger partial charge in [0.05, 0.1) is 5.69 Å². The van der Waals surface area contributed by atoms with Crippen molar-refractivity contribution in [3.8, 4) is 11.5 Å². The molecule has 1 aliphatic heterocycles. The molecule has 0 bridgehead atoms. The number of rotatable bonds is 6. The molecule has 1 N–H and O–H groups in total. The van der Waals surface area contributed by atoms with Gasteiger partial charge in [-0.25, -0.2) is 0 Å². The first-order valence-electron chi connectivity index (χ1n) is 9.19. The van der Waals surface area contributed by atoms with Crippen LogP contribution in [-0.4, -0.2) is 23.3 Å². The lowest BCUT2D eigenvalue weighted by molar-refractivity contribution is -0.118. The number of halogens is 1.